The minimum Gasteiger partial charge on any atom is -0.481 e. The number of aromatic nitrogens is 4. The summed E-state index contributed by atoms with van der Waals surface area (Å²) in [6.45, 7) is 0.154. The van der Waals surface area contributed by atoms with Crippen molar-refractivity contribution in [3.8, 4) is 0 Å². The highest BCUT2D eigenvalue weighted by Gasteiger charge is 2.25. The van der Waals surface area contributed by atoms with Gasteiger partial charge in [0.1, 0.15) is 0 Å². The molecule has 0 fully saturated rings. The maximum atomic E-state index is 11.5. The highest BCUT2D eigenvalue weighted by molar-refractivity contribution is 5.76. The lowest BCUT2D eigenvalue weighted by molar-refractivity contribution is -0.140. The lowest BCUT2D eigenvalue weighted by atomic mass is 10.1. The average Bonchev–Trinajstić information content (AvgIpc) is 2.96. The van der Waals surface area contributed by atoms with Crippen LogP contribution in [0.5, 0.6) is 0 Å². The Morgan fingerprint density at radius 1 is 1.50 bits per heavy atom. The van der Waals surface area contributed by atoms with Crippen molar-refractivity contribution in [1.82, 2.24) is 31.3 Å². The number of H-pyrrole nitrogens is 1. The van der Waals surface area contributed by atoms with E-state index in [2.05, 4.69) is 31.3 Å². The molecule has 1 aliphatic rings. The summed E-state index contributed by atoms with van der Waals surface area (Å²) in [4.78, 5) is 22.2. The molecule has 0 saturated heterocycles. The number of nitrogens with one attached hydrogen (secondary N) is 3. The summed E-state index contributed by atoms with van der Waals surface area (Å²) in [6, 6.07) is -0.670. The zero-order valence-electron chi connectivity index (χ0n) is 9.33. The van der Waals surface area contributed by atoms with E-state index in [1.165, 1.54) is 0 Å². The van der Waals surface area contributed by atoms with Gasteiger partial charge < -0.3 is 15.7 Å². The summed E-state index contributed by atoms with van der Waals surface area (Å²) >= 11 is 0. The number of aliphatic carboxylic acids is 1. The van der Waals surface area contributed by atoms with Crippen LogP contribution in [0, 0.1) is 5.92 Å². The highest BCUT2D eigenvalue weighted by Crippen LogP contribution is 2.17. The predicted octanol–water partition coefficient (Wildman–Crippen LogP) is -0.972. The molecule has 9 nitrogen and oxygen atoms in total. The van der Waals surface area contributed by atoms with Crippen molar-refractivity contribution in [1.29, 1.82) is 0 Å². The van der Waals surface area contributed by atoms with Crippen LogP contribution in [0.25, 0.3) is 0 Å². The Morgan fingerprint density at radius 2 is 2.33 bits per heavy atom. The van der Waals surface area contributed by atoms with Crippen molar-refractivity contribution >= 4 is 12.0 Å². The average molecular weight is 252 g/mol. The summed E-state index contributed by atoms with van der Waals surface area (Å²) in [5, 5.41) is 26.9. The molecule has 1 aliphatic carbocycles. The van der Waals surface area contributed by atoms with E-state index in [0.29, 0.717) is 12.2 Å². The number of tetrazole rings is 1. The van der Waals surface area contributed by atoms with Gasteiger partial charge in [0.2, 0.25) is 0 Å². The maximum Gasteiger partial charge on any atom is 0.315 e. The topological polar surface area (TPSA) is 133 Å². The molecule has 0 saturated carbocycles. The fourth-order valence-electron chi connectivity index (χ4n) is 1.63. The molecule has 2 rings (SSSR count). The van der Waals surface area contributed by atoms with E-state index in [1.54, 1.807) is 12.2 Å². The number of carbonyl (C=O) groups excluding carboxylic acids is 1. The molecule has 1 heterocycles. The Morgan fingerprint density at radius 3 is 2.94 bits per heavy atom. The second-order valence-electron chi connectivity index (χ2n) is 3.83. The lowest BCUT2D eigenvalue weighted by Crippen LogP contribution is -2.40. The van der Waals surface area contributed by atoms with E-state index in [0.717, 1.165) is 0 Å². The van der Waals surface area contributed by atoms with E-state index in [-0.39, 0.29) is 12.6 Å². The molecule has 4 N–H and O–H groups in total. The number of urea groups is 1. The van der Waals surface area contributed by atoms with Crippen molar-refractivity contribution < 1.29 is 14.7 Å². The number of hydrogen-bond acceptors (Lipinski definition) is 5. The second-order valence-corrected chi connectivity index (χ2v) is 3.83. The number of hydrogen-bond donors (Lipinski definition) is 4. The minimum absolute atomic E-state index is 0.154. The van der Waals surface area contributed by atoms with Gasteiger partial charge >= 0.3 is 12.0 Å². The molecule has 18 heavy (non-hydrogen) atoms. The predicted molar refractivity (Wildman–Crippen MR) is 58.2 cm³/mol. The molecule has 1 aromatic heterocycles. The Labute approximate surface area is 102 Å². The highest BCUT2D eigenvalue weighted by atomic mass is 16.4. The van der Waals surface area contributed by atoms with Crippen molar-refractivity contribution in [2.45, 2.75) is 19.0 Å². The van der Waals surface area contributed by atoms with Crippen LogP contribution < -0.4 is 10.6 Å². The lowest BCUT2D eigenvalue weighted by Gasteiger charge is -2.12. The van der Waals surface area contributed by atoms with Gasteiger partial charge in [-0.2, -0.15) is 5.21 Å². The molecule has 0 aliphatic heterocycles. The zero-order valence-corrected chi connectivity index (χ0v) is 9.33. The number of carboxylic acids is 1. The van der Waals surface area contributed by atoms with Crippen LogP contribution in [0.3, 0.4) is 0 Å². The van der Waals surface area contributed by atoms with Crippen LogP contribution in [-0.2, 0) is 11.3 Å². The van der Waals surface area contributed by atoms with Crippen LogP contribution in [-0.4, -0.2) is 43.8 Å². The Kier molecular flexibility index (Phi) is 3.51. The van der Waals surface area contributed by atoms with E-state index in [4.69, 9.17) is 5.11 Å². The fraction of sp³-hybridized carbons (Fsp3) is 0.444. The molecule has 0 spiro atoms. The summed E-state index contributed by atoms with van der Waals surface area (Å²) in [5.74, 6) is -1.05. The Balaban J connectivity index is 1.72. The van der Waals surface area contributed by atoms with Crippen LogP contribution in [0.2, 0.25) is 0 Å². The molecule has 96 valence electrons. The molecule has 1 aromatic rings. The third-order valence-electron chi connectivity index (χ3n) is 2.51. The summed E-state index contributed by atoms with van der Waals surface area (Å²) in [6.07, 6.45) is 3.62. The number of aromatic amines is 1. The van der Waals surface area contributed by atoms with Crippen LogP contribution in [0.1, 0.15) is 12.2 Å². The van der Waals surface area contributed by atoms with Gasteiger partial charge in [0.25, 0.3) is 0 Å². The number of carboxylic acid groups (broad SMARTS) is 1. The van der Waals surface area contributed by atoms with Gasteiger partial charge in [-0.3, -0.25) is 4.79 Å². The largest absolute Gasteiger partial charge is 0.481 e. The SMILES string of the molecule is O=C(NCc1nn[nH]n1)NC1C=CC(C(=O)O)C1. The first-order chi connectivity index (χ1) is 8.65. The first-order valence-electron chi connectivity index (χ1n) is 5.33. The van der Waals surface area contributed by atoms with E-state index >= 15 is 0 Å². The Bertz CT molecular complexity index is 457. The van der Waals surface area contributed by atoms with Gasteiger partial charge in [-0.05, 0) is 6.42 Å². The Hall–Kier alpha value is -2.45. The minimum atomic E-state index is -0.886. The third-order valence-corrected chi connectivity index (χ3v) is 2.51. The van der Waals surface area contributed by atoms with Crippen LogP contribution >= 0.6 is 0 Å². The second kappa shape index (κ2) is 5.25. The fourth-order valence-corrected chi connectivity index (χ4v) is 1.63. The number of rotatable bonds is 4. The first kappa shape index (κ1) is 12.0. The van der Waals surface area contributed by atoms with Gasteiger partial charge in [0.15, 0.2) is 5.82 Å². The molecular formula is C9H12N6O3. The van der Waals surface area contributed by atoms with Gasteiger partial charge in [0.05, 0.1) is 18.5 Å². The van der Waals surface area contributed by atoms with Crippen molar-refractivity contribution in [3.63, 3.8) is 0 Å². The molecule has 0 radical (unpaired) electrons. The van der Waals surface area contributed by atoms with E-state index < -0.39 is 17.9 Å². The van der Waals surface area contributed by atoms with Gasteiger partial charge in [0, 0.05) is 0 Å². The zero-order chi connectivity index (χ0) is 13.0. The molecule has 2 amide bonds. The first-order valence-corrected chi connectivity index (χ1v) is 5.33. The number of amides is 2. The molecule has 9 heteroatoms. The molecule has 0 aromatic carbocycles. The monoisotopic (exact) mass is 252 g/mol. The number of nitrogens with zero attached hydrogens (tertiary/aromatic N) is 3. The van der Waals surface area contributed by atoms with E-state index in [9.17, 15) is 9.59 Å². The quantitative estimate of drug-likeness (QED) is 0.509. The number of carbonyl (C=O) groups is 2. The smallest absolute Gasteiger partial charge is 0.315 e. The van der Waals surface area contributed by atoms with Gasteiger partial charge in [-0.25, -0.2) is 4.79 Å². The molecule has 2 unspecified atom stereocenters. The summed E-state index contributed by atoms with van der Waals surface area (Å²) in [7, 11) is 0. The van der Waals surface area contributed by atoms with Crippen molar-refractivity contribution in [2.75, 3.05) is 0 Å². The third kappa shape index (κ3) is 3.03. The standard InChI is InChI=1S/C9H12N6O3/c16-8(17)5-1-2-6(3-5)11-9(18)10-4-7-12-14-15-13-7/h1-2,5-6H,3-4H2,(H,16,17)(H2,10,11,18)(H,12,13,14,15). The summed E-state index contributed by atoms with van der Waals surface area (Å²) in [5.41, 5.74) is 0. The van der Waals surface area contributed by atoms with Crippen molar-refractivity contribution in [3.05, 3.63) is 18.0 Å². The van der Waals surface area contributed by atoms with Gasteiger partial charge in [-0.15, -0.1) is 10.2 Å². The van der Waals surface area contributed by atoms with Crippen LogP contribution in [0.4, 0.5) is 4.79 Å². The maximum absolute atomic E-state index is 11.5. The van der Waals surface area contributed by atoms with E-state index in [1.807, 2.05) is 0 Å². The van der Waals surface area contributed by atoms with Gasteiger partial charge in [-0.1, -0.05) is 17.4 Å². The molecule has 2 atom stereocenters. The van der Waals surface area contributed by atoms with Crippen molar-refractivity contribution in [2.24, 2.45) is 5.92 Å². The van der Waals surface area contributed by atoms with Crippen LogP contribution in [0.15, 0.2) is 12.2 Å². The molecule has 0 bridgehead atoms. The summed E-state index contributed by atoms with van der Waals surface area (Å²) < 4.78 is 0. The molecular weight excluding hydrogens is 240 g/mol. The normalized spacial score (nSPS) is 21.8.